The molecule has 0 spiro atoms. The van der Waals surface area contributed by atoms with E-state index in [4.69, 9.17) is 14.2 Å². The number of ether oxygens (including phenoxy) is 3. The van der Waals surface area contributed by atoms with E-state index in [1.54, 1.807) is 32.4 Å². The van der Waals surface area contributed by atoms with E-state index < -0.39 is 0 Å². The Balaban J connectivity index is 1.72. The summed E-state index contributed by atoms with van der Waals surface area (Å²) in [6.07, 6.45) is 5.40. The van der Waals surface area contributed by atoms with Gasteiger partial charge in [0.25, 0.3) is 5.91 Å². The zero-order valence-electron chi connectivity index (χ0n) is 16.6. The minimum atomic E-state index is 0.0560. The predicted molar refractivity (Wildman–Crippen MR) is 105 cm³/mol. The Morgan fingerprint density at radius 2 is 1.74 bits per heavy atom. The first-order valence-electron chi connectivity index (χ1n) is 10.1. The van der Waals surface area contributed by atoms with Crippen LogP contribution in [-0.4, -0.2) is 75.4 Å². The molecule has 0 aliphatic carbocycles. The van der Waals surface area contributed by atoms with Crippen molar-refractivity contribution in [3.05, 3.63) is 23.8 Å². The summed E-state index contributed by atoms with van der Waals surface area (Å²) >= 11 is 0. The Bertz CT molecular complexity index is 588. The van der Waals surface area contributed by atoms with E-state index in [-0.39, 0.29) is 11.9 Å². The number of nitrogens with zero attached hydrogens (tertiary/aromatic N) is 2. The molecular formula is C21H32N2O4. The fourth-order valence-electron chi connectivity index (χ4n) is 4.01. The Morgan fingerprint density at radius 3 is 2.33 bits per heavy atom. The van der Waals surface area contributed by atoms with Crippen LogP contribution in [0.2, 0.25) is 0 Å². The van der Waals surface area contributed by atoms with E-state index in [9.17, 15) is 4.79 Å². The zero-order chi connectivity index (χ0) is 19.1. The molecule has 0 aromatic heterocycles. The van der Waals surface area contributed by atoms with Crippen molar-refractivity contribution < 1.29 is 19.0 Å². The summed E-state index contributed by atoms with van der Waals surface area (Å²) < 4.78 is 16.2. The molecule has 0 atom stereocenters. The second-order valence-electron chi connectivity index (χ2n) is 7.35. The van der Waals surface area contributed by atoms with Gasteiger partial charge in [-0.25, -0.2) is 0 Å². The smallest absolute Gasteiger partial charge is 0.254 e. The van der Waals surface area contributed by atoms with Crippen molar-refractivity contribution in [3.8, 4) is 11.5 Å². The summed E-state index contributed by atoms with van der Waals surface area (Å²) in [7, 11) is 3.21. The normalized spacial score (nSPS) is 18.4. The van der Waals surface area contributed by atoms with Crippen molar-refractivity contribution in [2.24, 2.45) is 0 Å². The maximum atomic E-state index is 13.4. The van der Waals surface area contributed by atoms with Crippen LogP contribution in [0.1, 0.15) is 42.5 Å². The first kappa shape index (κ1) is 20.0. The Labute approximate surface area is 162 Å². The summed E-state index contributed by atoms with van der Waals surface area (Å²) in [4.78, 5) is 17.9. The molecule has 2 aliphatic heterocycles. The molecule has 150 valence electrons. The van der Waals surface area contributed by atoms with Crippen LogP contribution >= 0.6 is 0 Å². The summed E-state index contributed by atoms with van der Waals surface area (Å²) in [6, 6.07) is 5.64. The molecule has 0 unspecified atom stereocenters. The van der Waals surface area contributed by atoms with Gasteiger partial charge in [0.15, 0.2) is 0 Å². The van der Waals surface area contributed by atoms with E-state index >= 15 is 0 Å². The number of amides is 1. The van der Waals surface area contributed by atoms with Gasteiger partial charge in [0.2, 0.25) is 0 Å². The van der Waals surface area contributed by atoms with Crippen LogP contribution < -0.4 is 9.47 Å². The van der Waals surface area contributed by atoms with Gasteiger partial charge in [-0.2, -0.15) is 0 Å². The van der Waals surface area contributed by atoms with Gasteiger partial charge in [0.05, 0.1) is 14.2 Å². The first-order valence-corrected chi connectivity index (χ1v) is 10.1. The molecule has 3 rings (SSSR count). The van der Waals surface area contributed by atoms with Gasteiger partial charge < -0.3 is 24.0 Å². The molecular weight excluding hydrogens is 344 g/mol. The lowest BCUT2D eigenvalue weighted by molar-refractivity contribution is 0.0281. The molecule has 2 aliphatic rings. The summed E-state index contributed by atoms with van der Waals surface area (Å²) in [5, 5.41) is 0. The summed E-state index contributed by atoms with van der Waals surface area (Å²) in [5.41, 5.74) is 0.624. The average molecular weight is 376 g/mol. The SMILES string of the molecule is COc1cc(OC)cc(C(=O)N(CCCN2CCCC2)C2CCOCC2)c1. The van der Waals surface area contributed by atoms with E-state index in [1.165, 1.54) is 25.9 Å². The van der Waals surface area contributed by atoms with Crippen molar-refractivity contribution in [3.63, 3.8) is 0 Å². The predicted octanol–water partition coefficient (Wildman–Crippen LogP) is 2.81. The lowest BCUT2D eigenvalue weighted by Crippen LogP contribution is -2.44. The van der Waals surface area contributed by atoms with Gasteiger partial charge in [0.1, 0.15) is 11.5 Å². The van der Waals surface area contributed by atoms with E-state index in [0.717, 1.165) is 45.6 Å². The van der Waals surface area contributed by atoms with Gasteiger partial charge in [-0.05, 0) is 63.9 Å². The minimum Gasteiger partial charge on any atom is -0.497 e. The Morgan fingerprint density at radius 1 is 1.11 bits per heavy atom. The van der Waals surface area contributed by atoms with Crippen molar-refractivity contribution in [2.45, 2.75) is 38.1 Å². The van der Waals surface area contributed by atoms with Crippen LogP contribution in [0.25, 0.3) is 0 Å². The topological polar surface area (TPSA) is 51.2 Å². The number of carbonyl (C=O) groups is 1. The van der Waals surface area contributed by atoms with E-state index in [2.05, 4.69) is 4.90 Å². The molecule has 6 nitrogen and oxygen atoms in total. The Kier molecular flexibility index (Phi) is 7.35. The molecule has 2 saturated heterocycles. The van der Waals surface area contributed by atoms with Gasteiger partial charge in [-0.1, -0.05) is 0 Å². The maximum Gasteiger partial charge on any atom is 0.254 e. The molecule has 2 heterocycles. The highest BCUT2D eigenvalue weighted by molar-refractivity contribution is 5.95. The summed E-state index contributed by atoms with van der Waals surface area (Å²) in [6.45, 7) is 5.68. The number of rotatable bonds is 8. The number of likely N-dealkylation sites (tertiary alicyclic amines) is 1. The summed E-state index contributed by atoms with van der Waals surface area (Å²) in [5.74, 6) is 1.34. The second kappa shape index (κ2) is 9.95. The number of benzene rings is 1. The third-order valence-electron chi connectivity index (χ3n) is 5.56. The van der Waals surface area contributed by atoms with Crippen LogP contribution in [0.5, 0.6) is 11.5 Å². The minimum absolute atomic E-state index is 0.0560. The molecule has 6 heteroatoms. The lowest BCUT2D eigenvalue weighted by Gasteiger charge is -2.35. The maximum absolute atomic E-state index is 13.4. The fraction of sp³-hybridized carbons (Fsp3) is 0.667. The third-order valence-corrected chi connectivity index (χ3v) is 5.56. The monoisotopic (exact) mass is 376 g/mol. The number of methoxy groups -OCH3 is 2. The van der Waals surface area contributed by atoms with Gasteiger partial charge in [0, 0.05) is 37.4 Å². The Hall–Kier alpha value is -1.79. The zero-order valence-corrected chi connectivity index (χ0v) is 16.6. The van der Waals surface area contributed by atoms with Crippen LogP contribution in [0, 0.1) is 0 Å². The van der Waals surface area contributed by atoms with Crippen molar-refractivity contribution in [1.82, 2.24) is 9.80 Å². The van der Waals surface area contributed by atoms with Crippen molar-refractivity contribution in [1.29, 1.82) is 0 Å². The van der Waals surface area contributed by atoms with Gasteiger partial charge in [-0.3, -0.25) is 4.79 Å². The molecule has 0 bridgehead atoms. The third kappa shape index (κ3) is 5.36. The standard InChI is InChI=1S/C21H32N2O4/c1-25-19-14-17(15-20(16-19)26-2)21(24)23(18-6-12-27-13-7-18)11-5-10-22-8-3-4-9-22/h14-16,18H,3-13H2,1-2H3. The lowest BCUT2D eigenvalue weighted by atomic mass is 10.0. The average Bonchev–Trinajstić information content (AvgIpc) is 3.24. The van der Waals surface area contributed by atoms with Crippen molar-refractivity contribution >= 4 is 5.91 Å². The van der Waals surface area contributed by atoms with E-state index in [1.807, 2.05) is 4.90 Å². The number of carbonyl (C=O) groups excluding carboxylic acids is 1. The largest absolute Gasteiger partial charge is 0.497 e. The second-order valence-corrected chi connectivity index (χ2v) is 7.35. The van der Waals surface area contributed by atoms with Crippen LogP contribution in [0.4, 0.5) is 0 Å². The molecule has 0 saturated carbocycles. The highest BCUT2D eigenvalue weighted by atomic mass is 16.5. The van der Waals surface area contributed by atoms with Crippen LogP contribution in [0.15, 0.2) is 18.2 Å². The van der Waals surface area contributed by atoms with Gasteiger partial charge >= 0.3 is 0 Å². The molecule has 2 fully saturated rings. The first-order chi connectivity index (χ1) is 13.2. The van der Waals surface area contributed by atoms with Gasteiger partial charge in [-0.15, -0.1) is 0 Å². The molecule has 0 radical (unpaired) electrons. The van der Waals surface area contributed by atoms with Crippen LogP contribution in [-0.2, 0) is 4.74 Å². The quantitative estimate of drug-likeness (QED) is 0.698. The number of hydrogen-bond acceptors (Lipinski definition) is 5. The molecule has 0 N–H and O–H groups in total. The highest BCUT2D eigenvalue weighted by Gasteiger charge is 2.27. The van der Waals surface area contributed by atoms with Crippen molar-refractivity contribution in [2.75, 3.05) is 53.6 Å². The van der Waals surface area contributed by atoms with E-state index in [0.29, 0.717) is 17.1 Å². The van der Waals surface area contributed by atoms with Crippen LogP contribution in [0.3, 0.4) is 0 Å². The fourth-order valence-corrected chi connectivity index (χ4v) is 4.01. The highest BCUT2D eigenvalue weighted by Crippen LogP contribution is 2.25. The number of hydrogen-bond donors (Lipinski definition) is 0. The molecule has 1 aromatic rings. The molecule has 27 heavy (non-hydrogen) atoms. The molecule has 1 aromatic carbocycles. The molecule has 1 amide bonds.